The van der Waals surface area contributed by atoms with Crippen LogP contribution < -0.4 is 0 Å². The Kier molecular flexibility index (Phi) is 17.0. The fourth-order valence-electron chi connectivity index (χ4n) is 2.58. The van der Waals surface area contributed by atoms with Gasteiger partial charge in [0.2, 0.25) is 0 Å². The van der Waals surface area contributed by atoms with E-state index < -0.39 is 0 Å². The summed E-state index contributed by atoms with van der Waals surface area (Å²) in [4.78, 5) is 11.0. The molecule has 120 valence electrons. The molecule has 0 saturated heterocycles. The highest BCUT2D eigenvalue weighted by molar-refractivity contribution is 6.27. The first-order chi connectivity index (χ1) is 9.81. The van der Waals surface area contributed by atoms with Gasteiger partial charge in [0.05, 0.1) is 5.88 Å². The molecule has 0 aliphatic rings. The maximum atomic E-state index is 11.0. The minimum absolute atomic E-state index is 0.193. The number of ketones is 1. The normalized spacial score (nSPS) is 10.9. The summed E-state index contributed by atoms with van der Waals surface area (Å²) in [7, 11) is 0. The van der Waals surface area contributed by atoms with Gasteiger partial charge in [0.15, 0.2) is 0 Å². The van der Waals surface area contributed by atoms with E-state index in [4.69, 9.17) is 11.6 Å². The maximum Gasteiger partial charge on any atom is 0.147 e. The quantitative estimate of drug-likeness (QED) is 0.230. The highest BCUT2D eigenvalue weighted by Crippen LogP contribution is 2.13. The van der Waals surface area contributed by atoms with Gasteiger partial charge in [0, 0.05) is 6.42 Å². The van der Waals surface area contributed by atoms with Gasteiger partial charge in [-0.1, -0.05) is 90.4 Å². The number of hydrogen-bond acceptors (Lipinski definition) is 1. The van der Waals surface area contributed by atoms with Crippen LogP contribution in [0.25, 0.3) is 0 Å². The van der Waals surface area contributed by atoms with E-state index in [1.54, 1.807) is 0 Å². The van der Waals surface area contributed by atoms with Gasteiger partial charge in [0.25, 0.3) is 0 Å². The van der Waals surface area contributed by atoms with Crippen LogP contribution in [0.4, 0.5) is 0 Å². The second kappa shape index (κ2) is 17.0. The van der Waals surface area contributed by atoms with Crippen molar-refractivity contribution >= 4 is 17.4 Å². The number of carbonyl (C=O) groups excluding carboxylic acids is 1. The van der Waals surface area contributed by atoms with E-state index in [1.807, 2.05) is 0 Å². The summed E-state index contributed by atoms with van der Waals surface area (Å²) in [6, 6.07) is 0. The summed E-state index contributed by atoms with van der Waals surface area (Å²) < 4.78 is 0. The Bertz CT molecular complexity index is 204. The molecule has 2 heteroatoms. The molecular weight excluding hydrogens is 268 g/mol. The van der Waals surface area contributed by atoms with Crippen LogP contribution in [0.1, 0.15) is 103 Å². The van der Waals surface area contributed by atoms with Crippen LogP contribution >= 0.6 is 11.6 Å². The molecule has 0 rings (SSSR count). The molecule has 0 radical (unpaired) electrons. The van der Waals surface area contributed by atoms with Crippen molar-refractivity contribution in [2.75, 3.05) is 5.88 Å². The van der Waals surface area contributed by atoms with E-state index in [-0.39, 0.29) is 11.7 Å². The first-order valence-electron chi connectivity index (χ1n) is 8.89. The highest BCUT2D eigenvalue weighted by atomic mass is 35.5. The van der Waals surface area contributed by atoms with Crippen molar-refractivity contribution in [3.63, 3.8) is 0 Å². The number of Topliss-reactive ketones (excluding diaryl/α,β-unsaturated/α-hetero) is 1. The average molecular weight is 303 g/mol. The Morgan fingerprint density at radius 3 is 1.35 bits per heavy atom. The summed E-state index contributed by atoms with van der Waals surface area (Å²) >= 11 is 5.46. The Morgan fingerprint density at radius 1 is 0.650 bits per heavy atom. The van der Waals surface area contributed by atoms with Gasteiger partial charge in [-0.3, -0.25) is 4.79 Å². The third-order valence-corrected chi connectivity index (χ3v) is 4.26. The topological polar surface area (TPSA) is 17.1 Å². The van der Waals surface area contributed by atoms with Crippen molar-refractivity contribution in [1.82, 2.24) is 0 Å². The highest BCUT2D eigenvalue weighted by Gasteiger charge is 1.98. The lowest BCUT2D eigenvalue weighted by molar-refractivity contribution is -0.116. The van der Waals surface area contributed by atoms with Crippen LogP contribution in [0.3, 0.4) is 0 Å². The molecule has 0 aromatic carbocycles. The van der Waals surface area contributed by atoms with Gasteiger partial charge < -0.3 is 0 Å². The first-order valence-corrected chi connectivity index (χ1v) is 9.42. The molecule has 0 fully saturated rings. The number of alkyl halides is 1. The zero-order valence-electron chi connectivity index (χ0n) is 13.6. The smallest absolute Gasteiger partial charge is 0.147 e. The van der Waals surface area contributed by atoms with E-state index >= 15 is 0 Å². The van der Waals surface area contributed by atoms with Crippen LogP contribution in [0.15, 0.2) is 0 Å². The zero-order valence-corrected chi connectivity index (χ0v) is 14.4. The molecule has 0 aliphatic heterocycles. The van der Waals surface area contributed by atoms with E-state index in [1.165, 1.54) is 83.5 Å². The SMILES string of the molecule is CCCCCCCCCCCCCCCCC(=O)CCl. The largest absolute Gasteiger partial charge is 0.298 e. The predicted molar refractivity (Wildman–Crippen MR) is 90.7 cm³/mol. The Hall–Kier alpha value is -0.0400. The van der Waals surface area contributed by atoms with Crippen molar-refractivity contribution in [2.45, 2.75) is 103 Å². The molecule has 0 spiro atoms. The molecule has 0 atom stereocenters. The summed E-state index contributed by atoms with van der Waals surface area (Å²) in [5.41, 5.74) is 0. The molecule has 0 aromatic heterocycles. The number of unbranched alkanes of at least 4 members (excludes halogenated alkanes) is 13. The molecule has 0 unspecified atom stereocenters. The Morgan fingerprint density at radius 2 is 1.00 bits per heavy atom. The van der Waals surface area contributed by atoms with Crippen molar-refractivity contribution in [2.24, 2.45) is 0 Å². The number of hydrogen-bond donors (Lipinski definition) is 0. The van der Waals surface area contributed by atoms with Crippen molar-refractivity contribution in [1.29, 1.82) is 0 Å². The maximum absolute atomic E-state index is 11.0. The Labute approximate surface area is 131 Å². The number of carbonyl (C=O) groups is 1. The number of halogens is 1. The summed E-state index contributed by atoms with van der Waals surface area (Å²) in [6.45, 7) is 2.27. The van der Waals surface area contributed by atoms with Crippen LogP contribution in [-0.2, 0) is 4.79 Å². The van der Waals surface area contributed by atoms with E-state index in [0.29, 0.717) is 6.42 Å². The number of rotatable bonds is 16. The third-order valence-electron chi connectivity index (χ3n) is 3.96. The Balaban J connectivity index is 2.97. The summed E-state index contributed by atoms with van der Waals surface area (Å²) in [6.07, 6.45) is 19.7. The van der Waals surface area contributed by atoms with Gasteiger partial charge in [-0.05, 0) is 6.42 Å². The lowest BCUT2D eigenvalue weighted by Crippen LogP contribution is -1.98. The van der Waals surface area contributed by atoms with Gasteiger partial charge >= 0.3 is 0 Å². The van der Waals surface area contributed by atoms with Crippen LogP contribution in [0.5, 0.6) is 0 Å². The van der Waals surface area contributed by atoms with E-state index in [0.717, 1.165) is 6.42 Å². The average Bonchev–Trinajstić information content (AvgIpc) is 2.47. The predicted octanol–water partition coefficient (Wildman–Crippen LogP) is 6.67. The van der Waals surface area contributed by atoms with Crippen molar-refractivity contribution < 1.29 is 4.79 Å². The standard InChI is InChI=1S/C18H35ClO/c1-2-3-4-5-6-7-8-9-10-11-12-13-14-15-16-18(20)17-19/h2-17H2,1H3. The van der Waals surface area contributed by atoms with E-state index in [9.17, 15) is 4.79 Å². The molecule has 1 nitrogen and oxygen atoms in total. The summed E-state index contributed by atoms with van der Waals surface area (Å²) in [5.74, 6) is 0.393. The lowest BCUT2D eigenvalue weighted by Gasteiger charge is -2.03. The molecule has 0 aliphatic carbocycles. The summed E-state index contributed by atoms with van der Waals surface area (Å²) in [5, 5.41) is 0. The second-order valence-corrected chi connectivity index (χ2v) is 6.29. The van der Waals surface area contributed by atoms with Crippen molar-refractivity contribution in [3.05, 3.63) is 0 Å². The minimum Gasteiger partial charge on any atom is -0.298 e. The van der Waals surface area contributed by atoms with Gasteiger partial charge in [0.1, 0.15) is 5.78 Å². The molecule has 0 bridgehead atoms. The van der Waals surface area contributed by atoms with Gasteiger partial charge in [-0.2, -0.15) is 0 Å². The molecule has 0 aromatic rings. The molecule has 0 saturated carbocycles. The molecule has 20 heavy (non-hydrogen) atoms. The van der Waals surface area contributed by atoms with E-state index in [2.05, 4.69) is 6.92 Å². The molecule has 0 amide bonds. The van der Waals surface area contributed by atoms with Crippen LogP contribution in [-0.4, -0.2) is 11.7 Å². The zero-order chi connectivity index (χ0) is 14.9. The fraction of sp³-hybridized carbons (Fsp3) is 0.944. The third kappa shape index (κ3) is 16.0. The van der Waals surface area contributed by atoms with Gasteiger partial charge in [-0.15, -0.1) is 11.6 Å². The van der Waals surface area contributed by atoms with Crippen LogP contribution in [0, 0.1) is 0 Å². The molecule has 0 heterocycles. The monoisotopic (exact) mass is 302 g/mol. The lowest BCUT2D eigenvalue weighted by atomic mass is 10.0. The molecule has 0 N–H and O–H groups in total. The second-order valence-electron chi connectivity index (χ2n) is 6.02. The van der Waals surface area contributed by atoms with Crippen molar-refractivity contribution in [3.8, 4) is 0 Å². The molecular formula is C18H35ClO. The first kappa shape index (κ1) is 20.0. The van der Waals surface area contributed by atoms with Gasteiger partial charge in [-0.25, -0.2) is 0 Å². The minimum atomic E-state index is 0.193. The van der Waals surface area contributed by atoms with Crippen LogP contribution in [0.2, 0.25) is 0 Å². The fourth-order valence-corrected chi connectivity index (χ4v) is 2.72.